The normalized spacial score (nSPS) is 14.0. The molecule has 1 aliphatic rings. The molecule has 2 aromatic heterocycles. The van der Waals surface area contributed by atoms with E-state index >= 15 is 0 Å². The number of hydrogen-bond donors (Lipinski definition) is 3. The first-order valence-electron chi connectivity index (χ1n) is 7.54. The molecule has 2 heterocycles. The molecule has 23 heavy (non-hydrogen) atoms. The predicted octanol–water partition coefficient (Wildman–Crippen LogP) is 2.87. The second-order valence-corrected chi connectivity index (χ2v) is 5.73. The van der Waals surface area contributed by atoms with Crippen LogP contribution in [0.2, 0.25) is 0 Å². The molecule has 3 N–H and O–H groups in total. The van der Waals surface area contributed by atoms with Gasteiger partial charge in [0.1, 0.15) is 5.82 Å². The molecule has 1 fully saturated rings. The van der Waals surface area contributed by atoms with Crippen LogP contribution in [0.1, 0.15) is 30.1 Å². The molecule has 1 aromatic carbocycles. The summed E-state index contributed by atoms with van der Waals surface area (Å²) in [5, 5.41) is 14.4. The third-order valence-electron chi connectivity index (χ3n) is 3.78. The van der Waals surface area contributed by atoms with Crippen molar-refractivity contribution in [1.29, 1.82) is 0 Å². The van der Waals surface area contributed by atoms with Gasteiger partial charge in [-0.2, -0.15) is 10.1 Å². The Kier molecular flexibility index (Phi) is 3.18. The highest BCUT2D eigenvalue weighted by atomic mass is 16.1. The largest absolute Gasteiger partial charge is 0.367 e. The van der Waals surface area contributed by atoms with Gasteiger partial charge >= 0.3 is 0 Å². The van der Waals surface area contributed by atoms with E-state index in [2.05, 4.69) is 30.8 Å². The minimum Gasteiger partial charge on any atom is -0.367 e. The van der Waals surface area contributed by atoms with Crippen LogP contribution in [0.3, 0.4) is 0 Å². The SMILES string of the molecule is CC(=O)c1cnc(Nc2ccc3cn[nH]c3c2)nc1NC1CC1. The average Bonchev–Trinajstić information content (AvgIpc) is 3.22. The molecule has 4 rings (SSSR count). The molecule has 0 bridgehead atoms. The number of aromatic amines is 1. The first-order chi connectivity index (χ1) is 11.2. The van der Waals surface area contributed by atoms with E-state index in [1.54, 1.807) is 12.4 Å². The maximum absolute atomic E-state index is 11.7. The van der Waals surface area contributed by atoms with Gasteiger partial charge in [-0.05, 0) is 38.0 Å². The summed E-state index contributed by atoms with van der Waals surface area (Å²) >= 11 is 0. The first kappa shape index (κ1) is 13.7. The summed E-state index contributed by atoms with van der Waals surface area (Å²) in [6.07, 6.45) is 5.56. The summed E-state index contributed by atoms with van der Waals surface area (Å²) < 4.78 is 0. The number of hydrogen-bond acceptors (Lipinski definition) is 6. The second kappa shape index (κ2) is 5.35. The van der Waals surface area contributed by atoms with Crippen LogP contribution in [0.4, 0.5) is 17.5 Å². The fraction of sp³-hybridized carbons (Fsp3) is 0.250. The van der Waals surface area contributed by atoms with E-state index in [-0.39, 0.29) is 5.78 Å². The van der Waals surface area contributed by atoms with Crippen LogP contribution in [0.5, 0.6) is 0 Å². The summed E-state index contributed by atoms with van der Waals surface area (Å²) in [6, 6.07) is 6.26. The van der Waals surface area contributed by atoms with Gasteiger partial charge in [-0.15, -0.1) is 0 Å². The Morgan fingerprint density at radius 2 is 2.17 bits per heavy atom. The third-order valence-corrected chi connectivity index (χ3v) is 3.78. The highest BCUT2D eigenvalue weighted by molar-refractivity contribution is 5.98. The van der Waals surface area contributed by atoms with E-state index in [1.165, 1.54) is 6.92 Å². The van der Waals surface area contributed by atoms with E-state index in [0.717, 1.165) is 29.4 Å². The van der Waals surface area contributed by atoms with Gasteiger partial charge in [-0.25, -0.2) is 4.98 Å². The molecule has 0 radical (unpaired) electrons. The Morgan fingerprint density at radius 1 is 1.30 bits per heavy atom. The van der Waals surface area contributed by atoms with Crippen LogP contribution < -0.4 is 10.6 Å². The molecular formula is C16H16N6O. The van der Waals surface area contributed by atoms with Crippen molar-refractivity contribution in [2.45, 2.75) is 25.8 Å². The lowest BCUT2D eigenvalue weighted by Gasteiger charge is -2.11. The zero-order valence-corrected chi connectivity index (χ0v) is 12.6. The van der Waals surface area contributed by atoms with Crippen molar-refractivity contribution >= 4 is 34.1 Å². The number of Topliss-reactive ketones (excluding diaryl/α,β-unsaturated/α-hetero) is 1. The fourth-order valence-electron chi connectivity index (χ4n) is 2.37. The molecule has 0 saturated heterocycles. The molecule has 0 aliphatic heterocycles. The third kappa shape index (κ3) is 2.85. The molecular weight excluding hydrogens is 292 g/mol. The zero-order chi connectivity index (χ0) is 15.8. The lowest BCUT2D eigenvalue weighted by Crippen LogP contribution is -2.11. The van der Waals surface area contributed by atoms with Gasteiger partial charge in [-0.3, -0.25) is 9.89 Å². The lowest BCUT2D eigenvalue weighted by molar-refractivity contribution is 0.101. The first-order valence-corrected chi connectivity index (χ1v) is 7.54. The predicted molar refractivity (Wildman–Crippen MR) is 88.1 cm³/mol. The fourth-order valence-corrected chi connectivity index (χ4v) is 2.37. The minimum atomic E-state index is -0.0430. The van der Waals surface area contributed by atoms with E-state index < -0.39 is 0 Å². The molecule has 1 aliphatic carbocycles. The molecule has 1 saturated carbocycles. The summed E-state index contributed by atoms with van der Waals surface area (Å²) in [4.78, 5) is 20.4. The number of carbonyl (C=O) groups is 1. The highest BCUT2D eigenvalue weighted by Crippen LogP contribution is 2.27. The Bertz CT molecular complexity index is 883. The summed E-state index contributed by atoms with van der Waals surface area (Å²) in [5.41, 5.74) is 2.31. The number of aromatic nitrogens is 4. The summed E-state index contributed by atoms with van der Waals surface area (Å²) in [7, 11) is 0. The molecule has 0 atom stereocenters. The van der Waals surface area contributed by atoms with Crippen LogP contribution in [-0.2, 0) is 0 Å². The Morgan fingerprint density at radius 3 is 2.96 bits per heavy atom. The van der Waals surface area contributed by atoms with Crippen molar-refractivity contribution in [2.75, 3.05) is 10.6 Å². The number of nitrogens with one attached hydrogen (secondary N) is 3. The monoisotopic (exact) mass is 308 g/mol. The number of anilines is 3. The van der Waals surface area contributed by atoms with Gasteiger partial charge in [-0.1, -0.05) is 0 Å². The summed E-state index contributed by atoms with van der Waals surface area (Å²) in [6.45, 7) is 1.52. The molecule has 116 valence electrons. The van der Waals surface area contributed by atoms with E-state index in [1.807, 2.05) is 18.2 Å². The second-order valence-electron chi connectivity index (χ2n) is 5.73. The minimum absolute atomic E-state index is 0.0430. The van der Waals surface area contributed by atoms with Crippen LogP contribution in [0.25, 0.3) is 10.9 Å². The highest BCUT2D eigenvalue weighted by Gasteiger charge is 2.24. The molecule has 0 amide bonds. The van der Waals surface area contributed by atoms with E-state index in [0.29, 0.717) is 23.4 Å². The number of benzene rings is 1. The van der Waals surface area contributed by atoms with Gasteiger partial charge in [0, 0.05) is 23.3 Å². The van der Waals surface area contributed by atoms with Gasteiger partial charge in [0.15, 0.2) is 5.78 Å². The van der Waals surface area contributed by atoms with Crippen molar-refractivity contribution in [3.63, 3.8) is 0 Å². The van der Waals surface area contributed by atoms with Crippen molar-refractivity contribution in [2.24, 2.45) is 0 Å². The Balaban J connectivity index is 1.63. The average molecular weight is 308 g/mol. The smallest absolute Gasteiger partial charge is 0.229 e. The van der Waals surface area contributed by atoms with Gasteiger partial charge < -0.3 is 10.6 Å². The molecule has 7 heteroatoms. The van der Waals surface area contributed by atoms with Gasteiger partial charge in [0.2, 0.25) is 5.95 Å². The lowest BCUT2D eigenvalue weighted by atomic mass is 10.2. The summed E-state index contributed by atoms with van der Waals surface area (Å²) in [5.74, 6) is 1.01. The molecule has 0 spiro atoms. The van der Waals surface area contributed by atoms with Crippen molar-refractivity contribution in [3.8, 4) is 0 Å². The maximum atomic E-state index is 11.7. The van der Waals surface area contributed by atoms with Crippen LogP contribution in [0, 0.1) is 0 Å². The quantitative estimate of drug-likeness (QED) is 0.627. The number of carbonyl (C=O) groups excluding carboxylic acids is 1. The number of fused-ring (bicyclic) bond motifs is 1. The van der Waals surface area contributed by atoms with Gasteiger partial charge in [0.05, 0.1) is 17.3 Å². The number of nitrogens with zero attached hydrogens (tertiary/aromatic N) is 3. The molecule has 7 nitrogen and oxygen atoms in total. The van der Waals surface area contributed by atoms with Crippen LogP contribution in [0.15, 0.2) is 30.6 Å². The van der Waals surface area contributed by atoms with Crippen LogP contribution in [-0.4, -0.2) is 32.0 Å². The zero-order valence-electron chi connectivity index (χ0n) is 12.6. The molecule has 0 unspecified atom stereocenters. The number of H-pyrrole nitrogens is 1. The van der Waals surface area contributed by atoms with Crippen molar-refractivity contribution < 1.29 is 4.79 Å². The van der Waals surface area contributed by atoms with Gasteiger partial charge in [0.25, 0.3) is 0 Å². The van der Waals surface area contributed by atoms with E-state index in [9.17, 15) is 4.79 Å². The number of rotatable bonds is 5. The van der Waals surface area contributed by atoms with Crippen LogP contribution >= 0.6 is 0 Å². The topological polar surface area (TPSA) is 95.6 Å². The van der Waals surface area contributed by atoms with Crippen molar-refractivity contribution in [3.05, 3.63) is 36.2 Å². The van der Waals surface area contributed by atoms with E-state index in [4.69, 9.17) is 0 Å². The molecule has 3 aromatic rings. The number of ketones is 1. The standard InChI is InChI=1S/C16H16N6O/c1-9(23)13-8-17-16(21-15(13)19-11-4-5-11)20-12-3-2-10-7-18-22-14(10)6-12/h2-3,6-8,11H,4-5H2,1H3,(H,18,22)(H2,17,19,20,21). The Hall–Kier alpha value is -2.96. The Labute approximate surface area is 132 Å². The van der Waals surface area contributed by atoms with Crippen molar-refractivity contribution in [1.82, 2.24) is 20.2 Å². The maximum Gasteiger partial charge on any atom is 0.229 e.